The minimum Gasteiger partial charge on any atom is -0.465 e. The molecule has 0 bridgehead atoms. The van der Waals surface area contributed by atoms with E-state index in [1.165, 1.54) is 20.3 Å². The number of benzene rings is 3. The average Bonchev–Trinajstić information content (AvgIpc) is 4.18. The van der Waals surface area contributed by atoms with Crippen molar-refractivity contribution in [3.63, 3.8) is 0 Å². The number of fused-ring (bicyclic) bond motifs is 5. The standard InChI is InChI=1S/C49H52FN9O7/c1-26(2)41(55-48(62)64-5)45(60)57-18-10-14-36(57)43-51-24-33(53-43)29-16-17-35-31(20-29)22-38-40-32(50)21-30(23-39(40)66-47(59(35)38)28-12-8-7-9-13-28)34-25-52-44(54-34)37-15-11-19-58(37)46(61)42(27(3)4)56-49(63)65-6/h7-9,12-13,16-17,20-25,27,36-37,41-42,47H,1,10-11,14-15,18-19H2,2-6H3,(H,51,53)(H,52,54)(H,55,62)(H,56,63)/t36-,37-,41-,42-,47-/m0/s1. The van der Waals surface area contributed by atoms with Gasteiger partial charge in [0.25, 0.3) is 0 Å². The van der Waals surface area contributed by atoms with Crippen molar-refractivity contribution in [2.45, 2.75) is 76.8 Å². The molecule has 4 amide bonds. The molecule has 0 aliphatic carbocycles. The largest absolute Gasteiger partial charge is 0.465 e. The number of alkyl carbamates (subject to hydrolysis) is 2. The maximum Gasteiger partial charge on any atom is 0.407 e. The zero-order valence-electron chi connectivity index (χ0n) is 37.4. The summed E-state index contributed by atoms with van der Waals surface area (Å²) in [7, 11) is 2.51. The highest BCUT2D eigenvalue weighted by molar-refractivity contribution is 5.93. The van der Waals surface area contributed by atoms with Crippen LogP contribution < -0.4 is 15.4 Å². The molecule has 2 saturated heterocycles. The Hall–Kier alpha value is -7.43. The molecule has 342 valence electrons. The lowest BCUT2D eigenvalue weighted by Crippen LogP contribution is -2.51. The van der Waals surface area contributed by atoms with Crippen LogP contribution in [0.2, 0.25) is 0 Å². The minimum absolute atomic E-state index is 0.178. The second-order valence-corrected chi connectivity index (χ2v) is 17.4. The van der Waals surface area contributed by atoms with E-state index in [1.54, 1.807) is 29.1 Å². The molecule has 0 unspecified atom stereocenters. The third-order valence-electron chi connectivity index (χ3n) is 12.8. The number of H-pyrrole nitrogens is 2. The van der Waals surface area contributed by atoms with Gasteiger partial charge in [0.05, 0.1) is 66.9 Å². The molecule has 3 aliphatic rings. The van der Waals surface area contributed by atoms with E-state index in [4.69, 9.17) is 19.2 Å². The van der Waals surface area contributed by atoms with Gasteiger partial charge in [0.2, 0.25) is 18.0 Å². The molecule has 2 fully saturated rings. The van der Waals surface area contributed by atoms with Gasteiger partial charge in [0.15, 0.2) is 0 Å². The van der Waals surface area contributed by atoms with Gasteiger partial charge in [0.1, 0.15) is 35.3 Å². The van der Waals surface area contributed by atoms with Gasteiger partial charge in [-0.05, 0) is 74.4 Å². The zero-order chi connectivity index (χ0) is 46.4. The molecule has 3 aromatic heterocycles. The summed E-state index contributed by atoms with van der Waals surface area (Å²) in [5.74, 6) is 0.392. The van der Waals surface area contributed by atoms with Gasteiger partial charge in [-0.15, -0.1) is 0 Å². The van der Waals surface area contributed by atoms with Gasteiger partial charge in [0, 0.05) is 35.2 Å². The Morgan fingerprint density at radius 3 is 2.06 bits per heavy atom. The fourth-order valence-electron chi connectivity index (χ4n) is 9.49. The molecule has 6 aromatic rings. The molecular weight excluding hydrogens is 846 g/mol. The average molecular weight is 898 g/mol. The second-order valence-electron chi connectivity index (χ2n) is 17.4. The van der Waals surface area contributed by atoms with Crippen LogP contribution in [0.4, 0.5) is 14.0 Å². The number of carbonyl (C=O) groups excluding carboxylic acids is 4. The predicted octanol–water partition coefficient (Wildman–Crippen LogP) is 8.18. The first-order valence-corrected chi connectivity index (χ1v) is 22.1. The summed E-state index contributed by atoms with van der Waals surface area (Å²) in [6, 6.07) is 18.6. The topological polar surface area (TPSA) is 189 Å². The molecule has 3 aromatic carbocycles. The molecular formula is C49H52FN9O7. The van der Waals surface area contributed by atoms with Crippen LogP contribution in [0.25, 0.3) is 44.7 Å². The summed E-state index contributed by atoms with van der Waals surface area (Å²) in [5, 5.41) is 6.13. The Morgan fingerprint density at radius 2 is 1.44 bits per heavy atom. The van der Waals surface area contributed by atoms with Crippen LogP contribution in [0.1, 0.15) is 82.0 Å². The molecule has 6 heterocycles. The van der Waals surface area contributed by atoms with Crippen molar-refractivity contribution in [1.29, 1.82) is 0 Å². The highest BCUT2D eigenvalue weighted by Crippen LogP contribution is 2.47. The Morgan fingerprint density at radius 1 is 0.818 bits per heavy atom. The zero-order valence-corrected chi connectivity index (χ0v) is 37.4. The molecule has 16 nitrogen and oxygen atoms in total. The van der Waals surface area contributed by atoms with Crippen molar-refractivity contribution in [3.8, 4) is 39.5 Å². The molecule has 0 saturated carbocycles. The van der Waals surface area contributed by atoms with Gasteiger partial charge in [-0.3, -0.25) is 9.59 Å². The van der Waals surface area contributed by atoms with Crippen LogP contribution in [-0.4, -0.2) is 97.7 Å². The first-order chi connectivity index (χ1) is 31.8. The van der Waals surface area contributed by atoms with E-state index in [0.717, 1.165) is 40.6 Å². The highest BCUT2D eigenvalue weighted by Gasteiger charge is 2.39. The number of aromatic nitrogens is 5. The predicted molar refractivity (Wildman–Crippen MR) is 243 cm³/mol. The molecule has 4 N–H and O–H groups in total. The van der Waals surface area contributed by atoms with Crippen molar-refractivity contribution in [2.24, 2.45) is 5.92 Å². The molecule has 0 spiro atoms. The number of ether oxygens (including phenoxy) is 3. The summed E-state index contributed by atoms with van der Waals surface area (Å²) < 4.78 is 35.1. The lowest BCUT2D eigenvalue weighted by Gasteiger charge is -2.31. The number of rotatable bonds is 11. The van der Waals surface area contributed by atoms with E-state index in [1.807, 2.05) is 79.1 Å². The van der Waals surface area contributed by atoms with Gasteiger partial charge < -0.3 is 49.2 Å². The normalized spacial score (nSPS) is 18.6. The molecule has 66 heavy (non-hydrogen) atoms. The van der Waals surface area contributed by atoms with Crippen LogP contribution in [0.3, 0.4) is 0 Å². The number of nitrogens with one attached hydrogen (secondary N) is 4. The van der Waals surface area contributed by atoms with Crippen LogP contribution in [0.15, 0.2) is 91.3 Å². The molecule has 3 aliphatic heterocycles. The maximum atomic E-state index is 16.8. The first kappa shape index (κ1) is 43.8. The SMILES string of the molecule is C=C(C)[C@H](NC(=O)OC)C(=O)N1CCC[C@H]1c1ncc(-c2ccc3c(c2)cc2n3[C@H](c3ccccc3)Oc3cc(-c4cnc([C@@H]5CCCN5C(=O)[C@@H](NC(=O)OC)C(C)C)[nH]4)cc(F)c3-2)[nH]1. The van der Waals surface area contributed by atoms with E-state index < -0.39 is 36.3 Å². The quantitative estimate of drug-likeness (QED) is 0.0930. The number of likely N-dealkylation sites (tertiary alicyclic amines) is 2. The van der Waals surface area contributed by atoms with Crippen LogP contribution in [0.5, 0.6) is 5.75 Å². The van der Waals surface area contributed by atoms with Crippen molar-refractivity contribution in [2.75, 3.05) is 27.3 Å². The number of carbonyl (C=O) groups is 4. The lowest BCUT2D eigenvalue weighted by atomic mass is 10.0. The minimum atomic E-state index is -0.936. The number of halogens is 1. The highest BCUT2D eigenvalue weighted by atomic mass is 19.1. The van der Waals surface area contributed by atoms with Gasteiger partial charge in [-0.25, -0.2) is 23.9 Å². The van der Waals surface area contributed by atoms with E-state index in [9.17, 15) is 19.2 Å². The summed E-state index contributed by atoms with van der Waals surface area (Å²) in [4.78, 5) is 71.3. The van der Waals surface area contributed by atoms with Crippen molar-refractivity contribution in [1.82, 2.24) is 44.9 Å². The van der Waals surface area contributed by atoms with Gasteiger partial charge in [-0.2, -0.15) is 0 Å². The molecule has 9 rings (SSSR count). The van der Waals surface area contributed by atoms with Gasteiger partial charge in [-0.1, -0.05) is 56.8 Å². The molecule has 17 heteroatoms. The maximum absolute atomic E-state index is 16.8. The van der Waals surface area contributed by atoms with Crippen molar-refractivity contribution in [3.05, 3.63) is 114 Å². The van der Waals surface area contributed by atoms with E-state index in [0.29, 0.717) is 71.4 Å². The van der Waals surface area contributed by atoms with Gasteiger partial charge >= 0.3 is 12.2 Å². The molecule has 0 radical (unpaired) electrons. The third-order valence-corrected chi connectivity index (χ3v) is 12.8. The number of hydrogen-bond acceptors (Lipinski definition) is 9. The number of imidazole rings is 2. The Bertz CT molecular complexity index is 2850. The smallest absolute Gasteiger partial charge is 0.407 e. The molecule has 5 atom stereocenters. The van der Waals surface area contributed by atoms with E-state index in [2.05, 4.69) is 32.2 Å². The van der Waals surface area contributed by atoms with Crippen LogP contribution in [0, 0.1) is 11.7 Å². The Kier molecular flexibility index (Phi) is 11.9. The second kappa shape index (κ2) is 17.9. The number of amides is 4. The Balaban J connectivity index is 1.02. The summed E-state index contributed by atoms with van der Waals surface area (Å²) >= 11 is 0. The van der Waals surface area contributed by atoms with Crippen molar-refractivity contribution < 1.29 is 37.8 Å². The lowest BCUT2D eigenvalue weighted by molar-refractivity contribution is -0.135. The van der Waals surface area contributed by atoms with Crippen LogP contribution >= 0.6 is 0 Å². The summed E-state index contributed by atoms with van der Waals surface area (Å²) in [6.07, 6.45) is 4.26. The number of hydrogen-bond donors (Lipinski definition) is 4. The number of aromatic amines is 2. The monoisotopic (exact) mass is 897 g/mol. The Labute approximate surface area is 380 Å². The van der Waals surface area contributed by atoms with E-state index in [-0.39, 0.29) is 29.8 Å². The number of nitrogens with zero attached hydrogens (tertiary/aromatic N) is 5. The summed E-state index contributed by atoms with van der Waals surface area (Å²) in [6.45, 7) is 10.3. The van der Waals surface area contributed by atoms with E-state index >= 15 is 4.39 Å². The number of methoxy groups -OCH3 is 2. The first-order valence-electron chi connectivity index (χ1n) is 22.1. The summed E-state index contributed by atoms with van der Waals surface area (Å²) in [5.41, 5.74) is 5.84. The third kappa shape index (κ3) is 8.02. The van der Waals surface area contributed by atoms with Crippen LogP contribution in [-0.2, 0) is 19.1 Å². The fourth-order valence-corrected chi connectivity index (χ4v) is 9.49. The van der Waals surface area contributed by atoms with Crippen molar-refractivity contribution >= 4 is 34.9 Å². The fraction of sp³-hybridized carbons (Fsp3) is 0.347.